The summed E-state index contributed by atoms with van der Waals surface area (Å²) in [5.74, 6) is -3.12. The van der Waals surface area contributed by atoms with E-state index in [4.69, 9.17) is 11.6 Å². The highest BCUT2D eigenvalue weighted by Crippen LogP contribution is 2.26. The van der Waals surface area contributed by atoms with Crippen LogP contribution in [0.4, 0.5) is 0 Å². The lowest BCUT2D eigenvalue weighted by Crippen LogP contribution is -2.47. The molecule has 0 saturated carbocycles. The molecular formula is C22H22ClNO5S. The quantitative estimate of drug-likeness (QED) is 0.569. The number of carboxylic acid groups (broad SMARTS) is 1. The van der Waals surface area contributed by atoms with E-state index in [1.807, 2.05) is 6.07 Å². The number of carbonyl (C=O) groups is 4. The summed E-state index contributed by atoms with van der Waals surface area (Å²) in [5.41, 5.74) is 1.07. The van der Waals surface area contributed by atoms with Crippen molar-refractivity contribution in [2.24, 2.45) is 5.92 Å². The van der Waals surface area contributed by atoms with Crippen LogP contribution < -0.4 is 5.32 Å². The number of nitrogens with one attached hydrogen (secondary N) is 1. The van der Waals surface area contributed by atoms with Gasteiger partial charge in [0.25, 0.3) is 0 Å². The minimum absolute atomic E-state index is 0.101. The number of ketones is 1. The predicted octanol–water partition coefficient (Wildman–Crippen LogP) is 3.62. The van der Waals surface area contributed by atoms with Crippen molar-refractivity contribution in [3.63, 3.8) is 0 Å². The maximum absolute atomic E-state index is 12.9. The van der Waals surface area contributed by atoms with Crippen LogP contribution in [0.25, 0.3) is 0 Å². The monoisotopic (exact) mass is 447 g/mol. The zero-order chi connectivity index (χ0) is 22.3. The molecule has 0 radical (unpaired) electrons. The SMILES string of the molecule is CC(=O)SC(C(=O)c1ccc(Cl)cc1)C(C)C(=O)N[C@@H](Cc1ccccc1)C(=O)O. The van der Waals surface area contributed by atoms with Gasteiger partial charge in [0.1, 0.15) is 6.04 Å². The Morgan fingerprint density at radius 1 is 1.03 bits per heavy atom. The number of hydrogen-bond donors (Lipinski definition) is 2. The molecule has 2 N–H and O–H groups in total. The molecule has 2 aromatic carbocycles. The molecule has 0 fully saturated rings. The summed E-state index contributed by atoms with van der Waals surface area (Å²) in [5, 5.41) is 11.2. The first kappa shape index (κ1) is 23.6. The first-order valence-electron chi connectivity index (χ1n) is 9.23. The van der Waals surface area contributed by atoms with Crippen molar-refractivity contribution >= 4 is 46.1 Å². The van der Waals surface area contributed by atoms with Crippen molar-refractivity contribution in [1.82, 2.24) is 5.32 Å². The molecule has 158 valence electrons. The topological polar surface area (TPSA) is 101 Å². The van der Waals surface area contributed by atoms with E-state index < -0.39 is 34.9 Å². The van der Waals surface area contributed by atoms with Crippen LogP contribution >= 0.6 is 23.4 Å². The van der Waals surface area contributed by atoms with Gasteiger partial charge in [0.05, 0.1) is 11.2 Å². The van der Waals surface area contributed by atoms with Crippen LogP contribution in [0.2, 0.25) is 5.02 Å². The summed E-state index contributed by atoms with van der Waals surface area (Å²) in [6.07, 6.45) is 0.101. The standard InChI is InChI=1S/C22H22ClNO5S/c1-13(20(30-14(2)25)19(26)16-8-10-17(23)11-9-16)21(27)24-18(22(28)29)12-15-6-4-3-5-7-15/h3-11,13,18,20H,12H2,1-2H3,(H,24,27)(H,28,29)/t13?,18-,20?/m0/s1. The zero-order valence-corrected chi connectivity index (χ0v) is 18.1. The van der Waals surface area contributed by atoms with Gasteiger partial charge in [-0.1, -0.05) is 60.6 Å². The van der Waals surface area contributed by atoms with E-state index in [2.05, 4.69) is 5.32 Å². The molecule has 8 heteroatoms. The second kappa shape index (κ2) is 10.9. The number of amides is 1. The molecule has 0 aliphatic carbocycles. The van der Waals surface area contributed by atoms with Gasteiger partial charge in [-0.05, 0) is 29.8 Å². The van der Waals surface area contributed by atoms with Crippen molar-refractivity contribution in [3.05, 3.63) is 70.7 Å². The fourth-order valence-electron chi connectivity index (χ4n) is 2.83. The van der Waals surface area contributed by atoms with E-state index in [9.17, 15) is 24.3 Å². The van der Waals surface area contributed by atoms with Gasteiger partial charge >= 0.3 is 5.97 Å². The lowest BCUT2D eigenvalue weighted by atomic mass is 9.97. The second-order valence-electron chi connectivity index (χ2n) is 6.78. The molecule has 0 aromatic heterocycles. The number of thioether (sulfide) groups is 1. The smallest absolute Gasteiger partial charge is 0.326 e. The first-order valence-corrected chi connectivity index (χ1v) is 10.5. The Hall–Kier alpha value is -2.64. The van der Waals surface area contributed by atoms with E-state index >= 15 is 0 Å². The van der Waals surface area contributed by atoms with Crippen LogP contribution in [0.1, 0.15) is 29.8 Å². The highest BCUT2D eigenvalue weighted by molar-refractivity contribution is 8.14. The van der Waals surface area contributed by atoms with Gasteiger partial charge in [-0.25, -0.2) is 4.79 Å². The van der Waals surface area contributed by atoms with E-state index in [0.717, 1.165) is 17.3 Å². The predicted molar refractivity (Wildman–Crippen MR) is 117 cm³/mol. The number of carbonyl (C=O) groups excluding carboxylic acids is 3. The summed E-state index contributed by atoms with van der Waals surface area (Å²) >= 11 is 6.61. The number of Topliss-reactive ketones (excluding diaryl/α,β-unsaturated/α-hetero) is 1. The van der Waals surface area contributed by atoms with E-state index in [1.54, 1.807) is 36.4 Å². The number of benzene rings is 2. The van der Waals surface area contributed by atoms with Gasteiger partial charge in [0.2, 0.25) is 5.91 Å². The average molecular weight is 448 g/mol. The van der Waals surface area contributed by atoms with Crippen LogP contribution in [0, 0.1) is 5.92 Å². The lowest BCUT2D eigenvalue weighted by Gasteiger charge is -2.23. The van der Waals surface area contributed by atoms with E-state index in [-0.39, 0.29) is 11.5 Å². The maximum atomic E-state index is 12.9. The normalized spacial score (nSPS) is 13.7. The summed E-state index contributed by atoms with van der Waals surface area (Å²) in [6, 6.07) is 13.9. The number of aliphatic carboxylic acids is 1. The fourth-order valence-corrected chi connectivity index (χ4v) is 3.88. The first-order chi connectivity index (χ1) is 14.2. The van der Waals surface area contributed by atoms with E-state index in [0.29, 0.717) is 10.6 Å². The van der Waals surface area contributed by atoms with Crippen molar-refractivity contribution in [2.75, 3.05) is 0 Å². The van der Waals surface area contributed by atoms with Gasteiger partial charge in [-0.2, -0.15) is 0 Å². The molecule has 6 nitrogen and oxygen atoms in total. The Morgan fingerprint density at radius 3 is 2.17 bits per heavy atom. The van der Waals surface area contributed by atoms with Gasteiger partial charge < -0.3 is 10.4 Å². The minimum atomic E-state index is -1.18. The largest absolute Gasteiger partial charge is 0.480 e. The molecule has 2 rings (SSSR count). The lowest BCUT2D eigenvalue weighted by molar-refractivity contribution is -0.142. The van der Waals surface area contributed by atoms with Gasteiger partial charge in [0, 0.05) is 23.9 Å². The Morgan fingerprint density at radius 2 is 1.63 bits per heavy atom. The second-order valence-corrected chi connectivity index (χ2v) is 8.53. The number of halogens is 1. The molecule has 0 spiro atoms. The molecule has 0 bridgehead atoms. The fraction of sp³-hybridized carbons (Fsp3) is 0.273. The Bertz CT molecular complexity index is 917. The highest BCUT2D eigenvalue weighted by atomic mass is 35.5. The summed E-state index contributed by atoms with van der Waals surface area (Å²) < 4.78 is 0. The van der Waals surface area contributed by atoms with Crippen LogP contribution in [-0.2, 0) is 20.8 Å². The molecule has 2 aromatic rings. The molecule has 30 heavy (non-hydrogen) atoms. The number of rotatable bonds is 9. The third-order valence-electron chi connectivity index (χ3n) is 4.45. The molecule has 0 saturated heterocycles. The highest BCUT2D eigenvalue weighted by Gasteiger charge is 2.34. The van der Waals surface area contributed by atoms with Crippen LogP contribution in [0.3, 0.4) is 0 Å². The molecular weight excluding hydrogens is 426 g/mol. The van der Waals surface area contributed by atoms with Gasteiger partial charge in [-0.15, -0.1) is 0 Å². The summed E-state index contributed by atoms with van der Waals surface area (Å²) in [4.78, 5) is 49.1. The van der Waals surface area contributed by atoms with Gasteiger partial charge in [0.15, 0.2) is 10.9 Å². The Labute approximate surface area is 184 Å². The van der Waals surface area contributed by atoms with E-state index in [1.165, 1.54) is 26.0 Å². The molecule has 0 heterocycles. The Balaban J connectivity index is 2.18. The zero-order valence-electron chi connectivity index (χ0n) is 16.5. The molecule has 0 aliphatic heterocycles. The third-order valence-corrected chi connectivity index (χ3v) is 5.91. The number of hydrogen-bond acceptors (Lipinski definition) is 5. The van der Waals surface area contributed by atoms with Crippen molar-refractivity contribution in [2.45, 2.75) is 31.6 Å². The van der Waals surface area contributed by atoms with Crippen LogP contribution in [0.5, 0.6) is 0 Å². The number of carboxylic acids is 1. The van der Waals surface area contributed by atoms with Crippen LogP contribution in [-0.4, -0.2) is 39.2 Å². The minimum Gasteiger partial charge on any atom is -0.480 e. The molecule has 2 unspecified atom stereocenters. The van der Waals surface area contributed by atoms with Crippen LogP contribution in [0.15, 0.2) is 54.6 Å². The molecule has 1 amide bonds. The Kier molecular flexibility index (Phi) is 8.62. The van der Waals surface area contributed by atoms with Crippen molar-refractivity contribution in [1.29, 1.82) is 0 Å². The average Bonchev–Trinajstić information content (AvgIpc) is 2.71. The maximum Gasteiger partial charge on any atom is 0.326 e. The van der Waals surface area contributed by atoms with Gasteiger partial charge in [-0.3, -0.25) is 14.4 Å². The van der Waals surface area contributed by atoms with Crippen molar-refractivity contribution < 1.29 is 24.3 Å². The summed E-state index contributed by atoms with van der Waals surface area (Å²) in [7, 11) is 0. The molecule has 3 atom stereocenters. The molecule has 0 aliphatic rings. The van der Waals surface area contributed by atoms with Crippen molar-refractivity contribution in [3.8, 4) is 0 Å². The third kappa shape index (κ3) is 6.71. The summed E-state index contributed by atoms with van der Waals surface area (Å²) in [6.45, 7) is 2.82.